The van der Waals surface area contributed by atoms with E-state index >= 15 is 0 Å². The van der Waals surface area contributed by atoms with Crippen molar-refractivity contribution in [2.45, 2.75) is 33.4 Å². The van der Waals surface area contributed by atoms with Gasteiger partial charge in [-0.2, -0.15) is 0 Å². The molecule has 23 heavy (non-hydrogen) atoms. The highest BCUT2D eigenvalue weighted by molar-refractivity contribution is 6.07. The number of benzene rings is 2. The Labute approximate surface area is 138 Å². The molecule has 3 nitrogen and oxygen atoms in total. The molecule has 0 radical (unpaired) electrons. The van der Waals surface area contributed by atoms with Crippen molar-refractivity contribution in [3.8, 4) is 0 Å². The van der Waals surface area contributed by atoms with E-state index in [-0.39, 0.29) is 0 Å². The van der Waals surface area contributed by atoms with Gasteiger partial charge in [-0.3, -0.25) is 4.90 Å². The number of nitrogens with one attached hydrogen (secondary N) is 1. The molecule has 0 saturated carbocycles. The minimum absolute atomic E-state index is 0.333. The van der Waals surface area contributed by atoms with Crippen LogP contribution in [-0.2, 0) is 0 Å². The topological polar surface area (TPSA) is 28.2 Å². The maximum absolute atomic E-state index is 4.80. The lowest BCUT2D eigenvalue weighted by Gasteiger charge is -2.31. The normalized spacial score (nSPS) is 12.9. The predicted octanol–water partition coefficient (Wildman–Crippen LogP) is 4.88. The van der Waals surface area contributed by atoms with Crippen molar-refractivity contribution in [1.29, 1.82) is 0 Å². The van der Waals surface area contributed by atoms with Crippen molar-refractivity contribution in [1.82, 2.24) is 9.88 Å². The van der Waals surface area contributed by atoms with Crippen LogP contribution in [0.1, 0.15) is 27.2 Å². The number of aromatic nitrogens is 1. The molecule has 3 rings (SSSR count). The van der Waals surface area contributed by atoms with E-state index in [1.807, 2.05) is 0 Å². The number of pyridine rings is 1. The van der Waals surface area contributed by atoms with Crippen molar-refractivity contribution in [2.24, 2.45) is 0 Å². The van der Waals surface area contributed by atoms with Gasteiger partial charge in [0.05, 0.1) is 22.9 Å². The number of fused-ring (bicyclic) bond motifs is 2. The quantitative estimate of drug-likeness (QED) is 0.520. The van der Waals surface area contributed by atoms with Gasteiger partial charge < -0.3 is 5.32 Å². The van der Waals surface area contributed by atoms with Crippen LogP contribution >= 0.6 is 0 Å². The highest BCUT2D eigenvalue weighted by atomic mass is 15.3. The first-order valence-electron chi connectivity index (χ1n) is 8.56. The lowest BCUT2D eigenvalue weighted by Crippen LogP contribution is -2.40. The SMILES string of the molecule is CCC(Nc1c2ccccc2nc2ccccc12)N(CC)CC. The number of nitrogens with zero attached hydrogens (tertiary/aromatic N) is 2. The third kappa shape index (κ3) is 3.02. The molecule has 1 heterocycles. The van der Waals surface area contributed by atoms with Crippen LogP contribution in [0, 0.1) is 0 Å². The summed E-state index contributed by atoms with van der Waals surface area (Å²) >= 11 is 0. The van der Waals surface area contributed by atoms with E-state index < -0.39 is 0 Å². The molecule has 0 spiro atoms. The van der Waals surface area contributed by atoms with Crippen LogP contribution < -0.4 is 5.32 Å². The van der Waals surface area contributed by atoms with Crippen LogP contribution in [0.15, 0.2) is 48.5 Å². The summed E-state index contributed by atoms with van der Waals surface area (Å²) in [6.07, 6.45) is 1.39. The molecule has 0 amide bonds. The predicted molar refractivity (Wildman–Crippen MR) is 99.9 cm³/mol. The van der Waals surface area contributed by atoms with Gasteiger partial charge in [-0.15, -0.1) is 0 Å². The van der Waals surface area contributed by atoms with Gasteiger partial charge in [-0.1, -0.05) is 57.2 Å². The summed E-state index contributed by atoms with van der Waals surface area (Å²) in [6, 6.07) is 16.8. The molecule has 0 aliphatic carbocycles. The molecule has 1 unspecified atom stereocenters. The third-order valence-electron chi connectivity index (χ3n) is 4.54. The molecular weight excluding hydrogens is 282 g/mol. The van der Waals surface area contributed by atoms with Crippen molar-refractivity contribution in [2.75, 3.05) is 18.4 Å². The summed E-state index contributed by atoms with van der Waals surface area (Å²) < 4.78 is 0. The Kier molecular flexibility index (Phi) is 4.77. The zero-order valence-electron chi connectivity index (χ0n) is 14.2. The zero-order chi connectivity index (χ0) is 16.2. The number of rotatable bonds is 6. The van der Waals surface area contributed by atoms with E-state index in [0.29, 0.717) is 6.17 Å². The Balaban J connectivity index is 2.16. The Morgan fingerprint density at radius 2 is 1.39 bits per heavy atom. The number of hydrogen-bond donors (Lipinski definition) is 1. The number of hydrogen-bond acceptors (Lipinski definition) is 3. The molecule has 2 aromatic carbocycles. The molecule has 3 aromatic rings. The summed E-state index contributed by atoms with van der Waals surface area (Å²) in [5.74, 6) is 0. The fraction of sp³-hybridized carbons (Fsp3) is 0.350. The van der Waals surface area contributed by atoms with Gasteiger partial charge in [0, 0.05) is 10.8 Å². The van der Waals surface area contributed by atoms with Crippen LogP contribution in [0.4, 0.5) is 5.69 Å². The first-order chi connectivity index (χ1) is 11.3. The maximum atomic E-state index is 4.80. The fourth-order valence-electron chi connectivity index (χ4n) is 3.28. The first kappa shape index (κ1) is 15.8. The van der Waals surface area contributed by atoms with Crippen LogP contribution in [-0.4, -0.2) is 29.1 Å². The highest BCUT2D eigenvalue weighted by Crippen LogP contribution is 2.31. The summed E-state index contributed by atoms with van der Waals surface area (Å²) in [5.41, 5.74) is 3.29. The van der Waals surface area contributed by atoms with Gasteiger partial charge in [-0.25, -0.2) is 4.98 Å². The lowest BCUT2D eigenvalue weighted by molar-refractivity contribution is 0.233. The first-order valence-corrected chi connectivity index (χ1v) is 8.56. The van der Waals surface area contributed by atoms with Crippen LogP contribution in [0.5, 0.6) is 0 Å². The van der Waals surface area contributed by atoms with Crippen LogP contribution in [0.3, 0.4) is 0 Å². The van der Waals surface area contributed by atoms with Gasteiger partial charge in [0.2, 0.25) is 0 Å². The van der Waals surface area contributed by atoms with E-state index in [4.69, 9.17) is 4.98 Å². The number of anilines is 1. The Bertz CT molecular complexity index is 739. The van der Waals surface area contributed by atoms with E-state index in [1.165, 1.54) is 16.5 Å². The average molecular weight is 307 g/mol. The standard InChI is InChI=1S/C20H25N3/c1-4-19(23(5-2)6-3)22-20-15-11-7-9-13-17(15)21-18-14-10-8-12-16(18)20/h7-14,19H,4-6H2,1-3H3,(H,21,22). The molecule has 0 bridgehead atoms. The Morgan fingerprint density at radius 1 is 0.870 bits per heavy atom. The highest BCUT2D eigenvalue weighted by Gasteiger charge is 2.16. The van der Waals surface area contributed by atoms with E-state index in [1.54, 1.807) is 0 Å². The maximum Gasteiger partial charge on any atom is 0.0790 e. The van der Waals surface area contributed by atoms with Crippen molar-refractivity contribution >= 4 is 27.5 Å². The van der Waals surface area contributed by atoms with Crippen LogP contribution in [0.2, 0.25) is 0 Å². The minimum atomic E-state index is 0.333. The van der Waals surface area contributed by atoms with Gasteiger partial charge in [0.1, 0.15) is 0 Å². The second kappa shape index (κ2) is 6.97. The molecule has 0 aliphatic heterocycles. The van der Waals surface area contributed by atoms with Gasteiger partial charge >= 0.3 is 0 Å². The molecule has 1 atom stereocenters. The van der Waals surface area contributed by atoms with Gasteiger partial charge in [0.25, 0.3) is 0 Å². The van der Waals surface area contributed by atoms with E-state index in [0.717, 1.165) is 30.5 Å². The smallest absolute Gasteiger partial charge is 0.0790 e. The fourth-order valence-corrected chi connectivity index (χ4v) is 3.28. The second-order valence-corrected chi connectivity index (χ2v) is 5.81. The Morgan fingerprint density at radius 3 is 1.87 bits per heavy atom. The molecule has 1 N–H and O–H groups in total. The zero-order valence-corrected chi connectivity index (χ0v) is 14.2. The molecule has 0 aliphatic rings. The average Bonchev–Trinajstić information content (AvgIpc) is 2.61. The largest absolute Gasteiger partial charge is 0.369 e. The molecule has 120 valence electrons. The number of para-hydroxylation sites is 2. The molecule has 0 fully saturated rings. The van der Waals surface area contributed by atoms with Crippen LogP contribution in [0.25, 0.3) is 21.8 Å². The summed E-state index contributed by atoms with van der Waals surface area (Å²) in [6.45, 7) is 8.76. The molecule has 3 heteroatoms. The molecular formula is C20H25N3. The second-order valence-electron chi connectivity index (χ2n) is 5.81. The van der Waals surface area contributed by atoms with Crippen molar-refractivity contribution < 1.29 is 0 Å². The third-order valence-corrected chi connectivity index (χ3v) is 4.54. The molecule has 0 saturated heterocycles. The van der Waals surface area contributed by atoms with Crippen molar-refractivity contribution in [3.05, 3.63) is 48.5 Å². The van der Waals surface area contributed by atoms with Gasteiger partial charge in [0.15, 0.2) is 0 Å². The molecule has 1 aromatic heterocycles. The minimum Gasteiger partial charge on any atom is -0.369 e. The summed E-state index contributed by atoms with van der Waals surface area (Å²) in [4.78, 5) is 7.27. The monoisotopic (exact) mass is 307 g/mol. The Hall–Kier alpha value is -2.13. The summed E-state index contributed by atoms with van der Waals surface area (Å²) in [7, 11) is 0. The van der Waals surface area contributed by atoms with Gasteiger partial charge in [-0.05, 0) is 31.6 Å². The summed E-state index contributed by atoms with van der Waals surface area (Å²) in [5, 5.41) is 6.19. The van der Waals surface area contributed by atoms with E-state index in [9.17, 15) is 0 Å². The van der Waals surface area contributed by atoms with E-state index in [2.05, 4.69) is 79.5 Å². The van der Waals surface area contributed by atoms with Crippen molar-refractivity contribution in [3.63, 3.8) is 0 Å². The lowest BCUT2D eigenvalue weighted by atomic mass is 10.1.